The van der Waals surface area contributed by atoms with Gasteiger partial charge in [0.2, 0.25) is 0 Å². The molecule has 40 heavy (non-hydrogen) atoms. The van der Waals surface area contributed by atoms with Gasteiger partial charge in [-0.1, -0.05) is 30.3 Å². The number of anilines is 1. The van der Waals surface area contributed by atoms with Gasteiger partial charge >= 0.3 is 12.1 Å². The number of aliphatic carboxylic acids is 1. The Kier molecular flexibility index (Phi) is 10.7. The van der Waals surface area contributed by atoms with Crippen LogP contribution in [0.25, 0.3) is 0 Å². The summed E-state index contributed by atoms with van der Waals surface area (Å²) in [6.45, 7) is 9.87. The number of halogens is 3. The summed E-state index contributed by atoms with van der Waals surface area (Å²) in [5, 5.41) is 19.9. The first-order chi connectivity index (χ1) is 18.9. The van der Waals surface area contributed by atoms with Crippen LogP contribution in [0.15, 0.2) is 66.7 Å². The molecule has 7 nitrogen and oxygen atoms in total. The Morgan fingerprint density at radius 1 is 0.825 bits per heavy atom. The average Bonchev–Trinajstić information content (AvgIpc) is 3.11. The number of carbonyl (C=O) groups is 2. The summed E-state index contributed by atoms with van der Waals surface area (Å²) in [5.74, 6) is -2.51. The van der Waals surface area contributed by atoms with Gasteiger partial charge in [0.25, 0.3) is 5.91 Å². The number of amides is 1. The standard InChI is InChI=1S/C28H33N3O2.C2HF3O2/c1-21-10-11-26(16-22(21)2)29-28(33)25-8-3-6-23(17-25)19-30-12-5-13-31(15-14-30)20-24-7-4-9-27(32)18-24;3-2(4,5)1(6)7/h3-4,6-11,16-18,32H,5,12-15,19-20H2,1-2H3,(H,29,33);(H,6,7). The third kappa shape index (κ3) is 9.69. The first-order valence-electron chi connectivity index (χ1n) is 12.9. The highest BCUT2D eigenvalue weighted by atomic mass is 19.4. The zero-order chi connectivity index (χ0) is 29.3. The molecule has 0 unspecified atom stereocenters. The minimum atomic E-state index is -5.08. The molecule has 1 amide bonds. The Bertz CT molecular complexity index is 1310. The van der Waals surface area contributed by atoms with Crippen molar-refractivity contribution in [3.8, 4) is 5.75 Å². The Morgan fingerprint density at radius 3 is 1.95 bits per heavy atom. The molecule has 0 aromatic heterocycles. The third-order valence-corrected chi connectivity index (χ3v) is 6.60. The number of alkyl halides is 3. The fraction of sp³-hybridized carbons (Fsp3) is 0.333. The van der Waals surface area contributed by atoms with Crippen LogP contribution < -0.4 is 5.32 Å². The molecule has 0 radical (unpaired) electrons. The van der Waals surface area contributed by atoms with Crippen LogP contribution in [0.2, 0.25) is 0 Å². The van der Waals surface area contributed by atoms with Crippen molar-refractivity contribution in [2.24, 2.45) is 0 Å². The number of hydrogen-bond acceptors (Lipinski definition) is 5. The lowest BCUT2D eigenvalue weighted by atomic mass is 10.1. The van der Waals surface area contributed by atoms with Crippen molar-refractivity contribution in [3.63, 3.8) is 0 Å². The largest absolute Gasteiger partial charge is 0.508 e. The molecule has 1 fully saturated rings. The van der Waals surface area contributed by atoms with Gasteiger partial charge in [-0.3, -0.25) is 14.6 Å². The quantitative estimate of drug-likeness (QED) is 0.365. The van der Waals surface area contributed by atoms with E-state index in [2.05, 4.69) is 41.1 Å². The molecule has 214 valence electrons. The molecule has 1 heterocycles. The third-order valence-electron chi connectivity index (χ3n) is 6.60. The van der Waals surface area contributed by atoms with Crippen LogP contribution in [0.5, 0.6) is 5.75 Å². The van der Waals surface area contributed by atoms with Crippen molar-refractivity contribution >= 4 is 17.6 Å². The summed E-state index contributed by atoms with van der Waals surface area (Å²) in [6.07, 6.45) is -3.98. The van der Waals surface area contributed by atoms with Crippen molar-refractivity contribution in [3.05, 3.63) is 94.5 Å². The molecular formula is C30H34F3N3O4. The van der Waals surface area contributed by atoms with E-state index in [9.17, 15) is 23.1 Å². The van der Waals surface area contributed by atoms with Gasteiger partial charge in [-0.25, -0.2) is 4.79 Å². The van der Waals surface area contributed by atoms with E-state index in [1.807, 2.05) is 48.5 Å². The van der Waals surface area contributed by atoms with Gasteiger partial charge in [-0.2, -0.15) is 13.2 Å². The smallest absolute Gasteiger partial charge is 0.490 e. The number of aryl methyl sites for hydroxylation is 2. The SMILES string of the molecule is Cc1ccc(NC(=O)c2cccc(CN3CCCN(Cc4cccc(O)c4)CC3)c2)cc1C.O=C(O)C(F)(F)F. The molecule has 4 rings (SSSR count). The van der Waals surface area contributed by atoms with E-state index in [-0.39, 0.29) is 5.91 Å². The summed E-state index contributed by atoms with van der Waals surface area (Å²) in [4.78, 5) is 26.6. The van der Waals surface area contributed by atoms with Crippen molar-refractivity contribution in [1.29, 1.82) is 0 Å². The molecule has 3 aromatic carbocycles. The highest BCUT2D eigenvalue weighted by Gasteiger charge is 2.38. The second-order valence-corrected chi connectivity index (χ2v) is 9.83. The number of carboxylic acid groups (broad SMARTS) is 1. The number of carboxylic acids is 1. The van der Waals surface area contributed by atoms with Crippen LogP contribution in [0.1, 0.15) is 39.0 Å². The summed E-state index contributed by atoms with van der Waals surface area (Å²) in [6, 6.07) is 21.5. The minimum Gasteiger partial charge on any atom is -0.508 e. The van der Waals surface area contributed by atoms with Crippen molar-refractivity contribution in [2.45, 2.75) is 39.5 Å². The van der Waals surface area contributed by atoms with E-state index in [1.54, 1.807) is 6.07 Å². The predicted octanol–water partition coefficient (Wildman–Crippen LogP) is 5.60. The molecule has 0 spiro atoms. The van der Waals surface area contributed by atoms with Crippen LogP contribution in [-0.2, 0) is 17.9 Å². The lowest BCUT2D eigenvalue weighted by Crippen LogP contribution is -2.30. The number of aromatic hydroxyl groups is 1. The van der Waals surface area contributed by atoms with Crippen molar-refractivity contribution in [1.82, 2.24) is 9.80 Å². The van der Waals surface area contributed by atoms with Crippen molar-refractivity contribution in [2.75, 3.05) is 31.5 Å². The maximum absolute atomic E-state index is 12.8. The molecule has 1 saturated heterocycles. The van der Waals surface area contributed by atoms with E-state index in [0.29, 0.717) is 11.3 Å². The maximum Gasteiger partial charge on any atom is 0.490 e. The van der Waals surface area contributed by atoms with Gasteiger partial charge in [0, 0.05) is 37.4 Å². The molecule has 1 aliphatic heterocycles. The topological polar surface area (TPSA) is 93.1 Å². The second-order valence-electron chi connectivity index (χ2n) is 9.83. The molecule has 0 atom stereocenters. The summed E-state index contributed by atoms with van der Waals surface area (Å²) >= 11 is 0. The Labute approximate surface area is 231 Å². The van der Waals surface area contributed by atoms with E-state index >= 15 is 0 Å². The number of benzene rings is 3. The van der Waals surface area contributed by atoms with E-state index in [0.717, 1.165) is 62.5 Å². The zero-order valence-corrected chi connectivity index (χ0v) is 22.5. The molecule has 0 aliphatic carbocycles. The highest BCUT2D eigenvalue weighted by molar-refractivity contribution is 6.04. The number of carbonyl (C=O) groups excluding carboxylic acids is 1. The number of nitrogens with zero attached hydrogens (tertiary/aromatic N) is 2. The van der Waals surface area contributed by atoms with Gasteiger partial charge in [-0.15, -0.1) is 0 Å². The molecule has 0 saturated carbocycles. The predicted molar refractivity (Wildman–Crippen MR) is 147 cm³/mol. The molecular weight excluding hydrogens is 523 g/mol. The minimum absolute atomic E-state index is 0.0757. The Balaban J connectivity index is 0.000000559. The summed E-state index contributed by atoms with van der Waals surface area (Å²) in [7, 11) is 0. The molecule has 0 bridgehead atoms. The molecule has 3 N–H and O–H groups in total. The van der Waals surface area contributed by atoms with E-state index in [4.69, 9.17) is 9.90 Å². The van der Waals surface area contributed by atoms with E-state index in [1.165, 1.54) is 11.1 Å². The average molecular weight is 558 g/mol. The van der Waals surface area contributed by atoms with Gasteiger partial charge in [0.15, 0.2) is 0 Å². The summed E-state index contributed by atoms with van der Waals surface area (Å²) < 4.78 is 31.7. The maximum atomic E-state index is 12.8. The number of phenols is 1. The van der Waals surface area contributed by atoms with Crippen molar-refractivity contribution < 1.29 is 33.0 Å². The van der Waals surface area contributed by atoms with Crippen LogP contribution in [0.3, 0.4) is 0 Å². The lowest BCUT2D eigenvalue weighted by Gasteiger charge is -2.22. The monoisotopic (exact) mass is 557 g/mol. The molecule has 1 aliphatic rings. The van der Waals surface area contributed by atoms with Gasteiger partial charge < -0.3 is 15.5 Å². The Morgan fingerprint density at radius 2 is 1.40 bits per heavy atom. The summed E-state index contributed by atoms with van der Waals surface area (Å²) in [5.41, 5.74) is 6.20. The molecule has 10 heteroatoms. The van der Waals surface area contributed by atoms with Gasteiger partial charge in [0.1, 0.15) is 5.75 Å². The van der Waals surface area contributed by atoms with Crippen LogP contribution >= 0.6 is 0 Å². The van der Waals surface area contributed by atoms with Crippen LogP contribution in [-0.4, -0.2) is 64.2 Å². The van der Waals surface area contributed by atoms with Gasteiger partial charge in [0.05, 0.1) is 0 Å². The second kappa shape index (κ2) is 14.0. The Hall–Kier alpha value is -3.89. The first-order valence-corrected chi connectivity index (χ1v) is 12.9. The normalized spacial score (nSPS) is 14.5. The fourth-order valence-corrected chi connectivity index (χ4v) is 4.35. The van der Waals surface area contributed by atoms with Crippen LogP contribution in [0, 0.1) is 13.8 Å². The van der Waals surface area contributed by atoms with Crippen LogP contribution in [0.4, 0.5) is 18.9 Å². The number of phenolic OH excluding ortho intramolecular Hbond substituents is 1. The van der Waals surface area contributed by atoms with Gasteiger partial charge in [-0.05, 0) is 92.0 Å². The number of hydrogen-bond donors (Lipinski definition) is 3. The molecule has 3 aromatic rings. The van der Waals surface area contributed by atoms with E-state index < -0.39 is 12.1 Å². The lowest BCUT2D eigenvalue weighted by molar-refractivity contribution is -0.192. The number of nitrogens with one attached hydrogen (secondary N) is 1. The zero-order valence-electron chi connectivity index (χ0n) is 22.5. The number of rotatable bonds is 6. The first kappa shape index (κ1) is 30.6. The highest BCUT2D eigenvalue weighted by Crippen LogP contribution is 2.18. The fourth-order valence-electron chi connectivity index (χ4n) is 4.35.